The van der Waals surface area contributed by atoms with Crippen LogP contribution >= 0.6 is 0 Å². The van der Waals surface area contributed by atoms with E-state index in [9.17, 15) is 4.79 Å². The van der Waals surface area contributed by atoms with Gasteiger partial charge in [-0.1, -0.05) is 42.5 Å². The van der Waals surface area contributed by atoms with Crippen LogP contribution in [0.2, 0.25) is 0 Å². The van der Waals surface area contributed by atoms with Crippen LogP contribution in [0.1, 0.15) is 21.5 Å². The summed E-state index contributed by atoms with van der Waals surface area (Å²) in [5, 5.41) is 0.994. The fourth-order valence-corrected chi connectivity index (χ4v) is 2.57. The molecular formula is C17H15NO. The van der Waals surface area contributed by atoms with Gasteiger partial charge < -0.3 is 4.98 Å². The molecule has 0 atom stereocenters. The lowest BCUT2D eigenvalue weighted by Crippen LogP contribution is -1.87. The molecule has 0 aliphatic rings. The predicted molar refractivity (Wildman–Crippen MR) is 78.6 cm³/mol. The minimum atomic E-state index is 0.744. The topological polar surface area (TPSA) is 32.9 Å². The Hall–Kier alpha value is -2.35. The number of aldehydes is 1. The molecule has 2 heteroatoms. The van der Waals surface area contributed by atoms with Crippen molar-refractivity contribution in [1.29, 1.82) is 0 Å². The highest BCUT2D eigenvalue weighted by molar-refractivity contribution is 6.05. The van der Waals surface area contributed by atoms with Crippen molar-refractivity contribution < 1.29 is 4.79 Å². The van der Waals surface area contributed by atoms with Crippen molar-refractivity contribution in [2.75, 3.05) is 0 Å². The lowest BCUT2D eigenvalue weighted by molar-refractivity contribution is 0.112. The number of fused-ring (bicyclic) bond motifs is 1. The number of aromatic amines is 1. The molecule has 94 valence electrons. The van der Waals surface area contributed by atoms with Gasteiger partial charge in [0.25, 0.3) is 0 Å². The second-order valence-electron chi connectivity index (χ2n) is 4.84. The van der Waals surface area contributed by atoms with Crippen LogP contribution in [0.5, 0.6) is 0 Å². The van der Waals surface area contributed by atoms with E-state index in [4.69, 9.17) is 0 Å². The molecule has 1 aromatic heterocycles. The Kier molecular flexibility index (Phi) is 2.71. The van der Waals surface area contributed by atoms with Gasteiger partial charge in [0.2, 0.25) is 0 Å². The first-order valence-corrected chi connectivity index (χ1v) is 6.35. The molecule has 0 unspecified atom stereocenters. The molecular weight excluding hydrogens is 234 g/mol. The van der Waals surface area contributed by atoms with E-state index in [1.54, 1.807) is 0 Å². The van der Waals surface area contributed by atoms with Crippen LogP contribution in [0.25, 0.3) is 22.2 Å². The van der Waals surface area contributed by atoms with E-state index in [0.29, 0.717) is 0 Å². The van der Waals surface area contributed by atoms with Gasteiger partial charge in [-0.25, -0.2) is 0 Å². The standard InChI is InChI=1S/C17H15NO/c1-11-6-3-4-8-13(11)17-15(10-19)14-9-5-7-12(2)16(14)18-17/h3-10,18H,1-2H3. The second-order valence-corrected chi connectivity index (χ2v) is 4.84. The normalized spacial score (nSPS) is 10.8. The zero-order chi connectivity index (χ0) is 13.4. The number of benzene rings is 2. The Morgan fingerprint density at radius 3 is 2.42 bits per heavy atom. The van der Waals surface area contributed by atoms with Gasteiger partial charge in [-0.3, -0.25) is 4.79 Å². The van der Waals surface area contributed by atoms with Gasteiger partial charge in [0.05, 0.1) is 5.69 Å². The minimum Gasteiger partial charge on any atom is -0.354 e. The summed E-state index contributed by atoms with van der Waals surface area (Å²) >= 11 is 0. The van der Waals surface area contributed by atoms with Gasteiger partial charge in [0.1, 0.15) is 0 Å². The van der Waals surface area contributed by atoms with Gasteiger partial charge in [0.15, 0.2) is 6.29 Å². The largest absolute Gasteiger partial charge is 0.354 e. The maximum absolute atomic E-state index is 11.5. The molecule has 0 radical (unpaired) electrons. The summed E-state index contributed by atoms with van der Waals surface area (Å²) in [4.78, 5) is 14.9. The first-order chi connectivity index (χ1) is 9.22. The third kappa shape index (κ3) is 1.76. The number of hydrogen-bond donors (Lipinski definition) is 1. The fourth-order valence-electron chi connectivity index (χ4n) is 2.57. The third-order valence-electron chi connectivity index (χ3n) is 3.61. The summed E-state index contributed by atoms with van der Waals surface area (Å²) in [5.74, 6) is 0. The number of rotatable bonds is 2. The van der Waals surface area contributed by atoms with Gasteiger partial charge in [-0.05, 0) is 25.0 Å². The SMILES string of the molecule is Cc1ccccc1-c1[nH]c2c(C)cccc2c1C=O. The van der Waals surface area contributed by atoms with Crippen molar-refractivity contribution in [3.05, 3.63) is 59.2 Å². The predicted octanol–water partition coefficient (Wildman–Crippen LogP) is 4.26. The van der Waals surface area contributed by atoms with Crippen molar-refractivity contribution in [2.24, 2.45) is 0 Å². The van der Waals surface area contributed by atoms with Crippen molar-refractivity contribution in [3.8, 4) is 11.3 Å². The average Bonchev–Trinajstić information content (AvgIpc) is 2.79. The van der Waals surface area contributed by atoms with Gasteiger partial charge >= 0.3 is 0 Å². The van der Waals surface area contributed by atoms with Gasteiger partial charge in [0, 0.05) is 22.0 Å². The molecule has 0 fully saturated rings. The first-order valence-electron chi connectivity index (χ1n) is 6.35. The first kappa shape index (κ1) is 11.7. The molecule has 0 bridgehead atoms. The van der Waals surface area contributed by atoms with Crippen molar-refractivity contribution >= 4 is 17.2 Å². The van der Waals surface area contributed by atoms with Crippen LogP contribution in [-0.2, 0) is 0 Å². The van der Waals surface area contributed by atoms with E-state index in [2.05, 4.69) is 31.0 Å². The van der Waals surface area contributed by atoms with Gasteiger partial charge in [-0.2, -0.15) is 0 Å². The number of H-pyrrole nitrogens is 1. The van der Waals surface area contributed by atoms with Crippen molar-refractivity contribution in [3.63, 3.8) is 0 Å². The highest BCUT2D eigenvalue weighted by Crippen LogP contribution is 2.32. The number of para-hydroxylation sites is 1. The molecule has 0 amide bonds. The highest BCUT2D eigenvalue weighted by Gasteiger charge is 2.14. The van der Waals surface area contributed by atoms with Crippen LogP contribution in [0, 0.1) is 13.8 Å². The summed E-state index contributed by atoms with van der Waals surface area (Å²) in [6.45, 7) is 4.11. The van der Waals surface area contributed by atoms with E-state index in [1.165, 1.54) is 0 Å². The lowest BCUT2D eigenvalue weighted by atomic mass is 10.0. The molecule has 2 nitrogen and oxygen atoms in total. The number of carbonyl (C=O) groups excluding carboxylic acids is 1. The Bertz CT molecular complexity index is 768. The highest BCUT2D eigenvalue weighted by atomic mass is 16.1. The van der Waals surface area contributed by atoms with E-state index < -0.39 is 0 Å². The van der Waals surface area contributed by atoms with Crippen LogP contribution in [-0.4, -0.2) is 11.3 Å². The minimum absolute atomic E-state index is 0.744. The maximum Gasteiger partial charge on any atom is 0.152 e. The quantitative estimate of drug-likeness (QED) is 0.676. The average molecular weight is 249 g/mol. The molecule has 1 N–H and O–H groups in total. The molecule has 0 aliphatic heterocycles. The summed E-state index contributed by atoms with van der Waals surface area (Å²) in [6.07, 6.45) is 0.944. The maximum atomic E-state index is 11.5. The van der Waals surface area contributed by atoms with Crippen LogP contribution in [0.4, 0.5) is 0 Å². The molecule has 0 saturated carbocycles. The summed E-state index contributed by atoms with van der Waals surface area (Å²) in [7, 11) is 0. The van der Waals surface area contributed by atoms with Crippen LogP contribution in [0.15, 0.2) is 42.5 Å². The lowest BCUT2D eigenvalue weighted by Gasteiger charge is -2.03. The zero-order valence-electron chi connectivity index (χ0n) is 11.0. The summed E-state index contributed by atoms with van der Waals surface area (Å²) in [5.41, 5.74) is 6.10. The van der Waals surface area contributed by atoms with E-state index >= 15 is 0 Å². The molecule has 3 rings (SSSR count). The molecule has 0 saturated heterocycles. The number of nitrogens with one attached hydrogen (secondary N) is 1. The number of aromatic nitrogens is 1. The third-order valence-corrected chi connectivity index (χ3v) is 3.61. The van der Waals surface area contributed by atoms with Crippen molar-refractivity contribution in [1.82, 2.24) is 4.98 Å². The van der Waals surface area contributed by atoms with Crippen LogP contribution < -0.4 is 0 Å². The molecule has 0 spiro atoms. The summed E-state index contributed by atoms with van der Waals surface area (Å²) < 4.78 is 0. The molecule has 2 aromatic carbocycles. The van der Waals surface area contributed by atoms with Crippen molar-refractivity contribution in [2.45, 2.75) is 13.8 Å². The Balaban J connectivity index is 2.39. The molecule has 0 aliphatic carbocycles. The molecule has 19 heavy (non-hydrogen) atoms. The smallest absolute Gasteiger partial charge is 0.152 e. The number of aryl methyl sites for hydroxylation is 2. The van der Waals surface area contributed by atoms with Gasteiger partial charge in [-0.15, -0.1) is 0 Å². The van der Waals surface area contributed by atoms with E-state index in [1.807, 2.05) is 30.3 Å². The fraction of sp³-hybridized carbons (Fsp3) is 0.118. The zero-order valence-corrected chi connectivity index (χ0v) is 11.0. The second kappa shape index (κ2) is 4.39. The number of carbonyl (C=O) groups is 1. The van der Waals surface area contributed by atoms with E-state index in [-0.39, 0.29) is 0 Å². The molecule has 3 aromatic rings. The number of hydrogen-bond acceptors (Lipinski definition) is 1. The van der Waals surface area contributed by atoms with Crippen LogP contribution in [0.3, 0.4) is 0 Å². The monoisotopic (exact) mass is 249 g/mol. The molecule has 1 heterocycles. The summed E-state index contributed by atoms with van der Waals surface area (Å²) in [6, 6.07) is 14.1. The van der Waals surface area contributed by atoms with E-state index in [0.717, 1.165) is 45.1 Å². The Morgan fingerprint density at radius 1 is 0.947 bits per heavy atom. The Morgan fingerprint density at radius 2 is 1.68 bits per heavy atom. The Labute approximate surface area is 112 Å².